The van der Waals surface area contributed by atoms with Crippen LogP contribution in [0.25, 0.3) is 0 Å². The fourth-order valence-corrected chi connectivity index (χ4v) is 3.00. The van der Waals surface area contributed by atoms with Crippen LogP contribution in [0.1, 0.15) is 80.1 Å². The third-order valence-corrected chi connectivity index (χ3v) is 4.40. The zero-order valence-corrected chi connectivity index (χ0v) is 22.1. The first-order valence-electron chi connectivity index (χ1n) is 11.9. The Kier molecular flexibility index (Phi) is 15.8. The van der Waals surface area contributed by atoms with E-state index in [4.69, 9.17) is 33.9 Å². The van der Waals surface area contributed by atoms with Crippen molar-refractivity contribution in [3.05, 3.63) is 0 Å². The van der Waals surface area contributed by atoms with E-state index in [1.165, 1.54) is 41.5 Å². The molecule has 212 valence electrons. The normalized spacial score (nSPS) is 15.6. The SMILES string of the molecule is C[C@H](CC(=O)O)OC(=O)C[C@@H](C)OC(=O)C[C@@H](C)OC(=O)C[C@@H](C)OC(=O)C[C@@H](C)OC(=O)C[C@@H](C)O. The van der Waals surface area contributed by atoms with Crippen LogP contribution < -0.4 is 0 Å². The van der Waals surface area contributed by atoms with Crippen molar-refractivity contribution >= 4 is 35.8 Å². The molecule has 0 aliphatic heterocycles. The molecule has 0 saturated heterocycles. The minimum atomic E-state index is -1.11. The van der Waals surface area contributed by atoms with Gasteiger partial charge in [-0.1, -0.05) is 0 Å². The van der Waals surface area contributed by atoms with E-state index in [1.807, 2.05) is 0 Å². The van der Waals surface area contributed by atoms with Gasteiger partial charge in [-0.3, -0.25) is 28.8 Å². The lowest BCUT2D eigenvalue weighted by molar-refractivity contribution is -0.160. The van der Waals surface area contributed by atoms with Crippen LogP contribution in [0.15, 0.2) is 0 Å². The van der Waals surface area contributed by atoms with E-state index in [0.717, 1.165) is 0 Å². The van der Waals surface area contributed by atoms with Gasteiger partial charge in [0.15, 0.2) is 0 Å². The first-order valence-corrected chi connectivity index (χ1v) is 11.9. The molecular weight excluding hydrogens is 496 g/mol. The lowest BCUT2D eigenvalue weighted by Crippen LogP contribution is -2.27. The van der Waals surface area contributed by atoms with Gasteiger partial charge in [0.2, 0.25) is 0 Å². The number of aliphatic hydroxyl groups excluding tert-OH is 1. The molecule has 0 aromatic carbocycles. The number of esters is 5. The number of aliphatic hydroxyl groups is 1. The van der Waals surface area contributed by atoms with Crippen molar-refractivity contribution in [1.82, 2.24) is 0 Å². The van der Waals surface area contributed by atoms with Crippen LogP contribution in [-0.4, -0.2) is 82.7 Å². The molecule has 0 aliphatic carbocycles. The molecule has 13 nitrogen and oxygen atoms in total. The molecule has 0 aromatic rings. The van der Waals surface area contributed by atoms with Crippen LogP contribution in [0.5, 0.6) is 0 Å². The molecule has 0 aliphatic rings. The highest BCUT2D eigenvalue weighted by molar-refractivity contribution is 5.75. The predicted molar refractivity (Wildman–Crippen MR) is 125 cm³/mol. The van der Waals surface area contributed by atoms with Crippen LogP contribution in [0, 0.1) is 0 Å². The first-order chi connectivity index (χ1) is 17.1. The average Bonchev–Trinajstić information content (AvgIpc) is 2.64. The Morgan fingerprint density at radius 2 is 0.676 bits per heavy atom. The third kappa shape index (κ3) is 18.7. The van der Waals surface area contributed by atoms with Crippen molar-refractivity contribution in [3.8, 4) is 0 Å². The van der Waals surface area contributed by atoms with Crippen molar-refractivity contribution in [3.63, 3.8) is 0 Å². The number of carbonyl (C=O) groups excluding carboxylic acids is 5. The number of hydrogen-bond acceptors (Lipinski definition) is 12. The Balaban J connectivity index is 4.31. The largest absolute Gasteiger partial charge is 0.481 e. The molecule has 0 spiro atoms. The molecule has 0 heterocycles. The van der Waals surface area contributed by atoms with Crippen molar-refractivity contribution < 1.29 is 62.7 Å². The second kappa shape index (κ2) is 17.3. The van der Waals surface area contributed by atoms with E-state index in [0.29, 0.717) is 0 Å². The predicted octanol–water partition coefficient (Wildman–Crippen LogP) is 1.45. The summed E-state index contributed by atoms with van der Waals surface area (Å²) in [6, 6.07) is 0. The zero-order valence-electron chi connectivity index (χ0n) is 22.1. The first kappa shape index (κ1) is 33.8. The number of ether oxygens (including phenoxy) is 5. The summed E-state index contributed by atoms with van der Waals surface area (Å²) < 4.78 is 25.2. The average molecular weight is 535 g/mol. The van der Waals surface area contributed by atoms with Gasteiger partial charge in [0.25, 0.3) is 0 Å². The Bertz CT molecular complexity index is 792. The molecule has 37 heavy (non-hydrogen) atoms. The highest BCUT2D eigenvalue weighted by atomic mass is 16.6. The molecule has 0 bridgehead atoms. The smallest absolute Gasteiger partial charge is 0.309 e. The van der Waals surface area contributed by atoms with E-state index in [9.17, 15) is 28.8 Å². The summed E-state index contributed by atoms with van der Waals surface area (Å²) >= 11 is 0. The lowest BCUT2D eigenvalue weighted by Gasteiger charge is -2.18. The molecular formula is C24H38O13. The van der Waals surface area contributed by atoms with Gasteiger partial charge >= 0.3 is 35.8 Å². The van der Waals surface area contributed by atoms with Gasteiger partial charge in [-0.25, -0.2) is 0 Å². The summed E-state index contributed by atoms with van der Waals surface area (Å²) in [6.45, 7) is 8.75. The molecule has 0 saturated carbocycles. The minimum Gasteiger partial charge on any atom is -0.481 e. The van der Waals surface area contributed by atoms with E-state index < -0.39 is 72.4 Å². The van der Waals surface area contributed by atoms with E-state index in [1.54, 1.807) is 0 Å². The summed E-state index contributed by atoms with van der Waals surface area (Å²) in [5.74, 6) is -4.63. The molecule has 0 amide bonds. The van der Waals surface area contributed by atoms with Crippen LogP contribution in [0.2, 0.25) is 0 Å². The number of aliphatic carboxylic acids is 1. The molecule has 6 atom stereocenters. The molecule has 0 radical (unpaired) electrons. The number of carboxylic acids is 1. The van der Waals surface area contributed by atoms with Gasteiger partial charge in [0.05, 0.1) is 44.6 Å². The van der Waals surface area contributed by atoms with Crippen molar-refractivity contribution in [2.24, 2.45) is 0 Å². The van der Waals surface area contributed by atoms with Crippen LogP contribution in [-0.2, 0) is 52.5 Å². The van der Waals surface area contributed by atoms with Crippen LogP contribution in [0.3, 0.4) is 0 Å². The second-order valence-corrected chi connectivity index (χ2v) is 8.97. The van der Waals surface area contributed by atoms with E-state index >= 15 is 0 Å². The summed E-state index contributed by atoms with van der Waals surface area (Å²) in [5.41, 5.74) is 0. The van der Waals surface area contributed by atoms with Crippen LogP contribution in [0.4, 0.5) is 0 Å². The quantitative estimate of drug-likeness (QED) is 0.202. The Hall–Kier alpha value is -3.22. The van der Waals surface area contributed by atoms with Gasteiger partial charge in [0.1, 0.15) is 30.5 Å². The maximum atomic E-state index is 12.1. The molecule has 0 unspecified atom stereocenters. The number of carbonyl (C=O) groups is 6. The fraction of sp³-hybridized carbons (Fsp3) is 0.750. The van der Waals surface area contributed by atoms with Crippen molar-refractivity contribution in [2.45, 2.75) is 117 Å². The molecule has 13 heteroatoms. The highest BCUT2D eigenvalue weighted by Gasteiger charge is 2.23. The standard InChI is InChI=1S/C24H38O13/c1-13(25)7-20(28)34-15(3)9-22(30)36-17(5)11-24(32)37-18(6)12-23(31)35-16(4)10-21(29)33-14(2)8-19(26)27/h13-18,25H,7-12H2,1-6H3,(H,26,27)/t13-,14-,15-,16-,17-,18-/m1/s1. The maximum Gasteiger partial charge on any atom is 0.309 e. The number of rotatable bonds is 17. The summed E-state index contributed by atoms with van der Waals surface area (Å²) in [6.07, 6.45) is -6.63. The van der Waals surface area contributed by atoms with Gasteiger partial charge in [-0.05, 0) is 41.5 Å². The lowest BCUT2D eigenvalue weighted by atomic mass is 10.2. The van der Waals surface area contributed by atoms with Gasteiger partial charge in [-0.2, -0.15) is 0 Å². The summed E-state index contributed by atoms with van der Waals surface area (Å²) in [5, 5.41) is 17.8. The Labute approximate surface area is 215 Å². The number of hydrogen-bond donors (Lipinski definition) is 2. The van der Waals surface area contributed by atoms with Crippen molar-refractivity contribution in [2.75, 3.05) is 0 Å². The second-order valence-electron chi connectivity index (χ2n) is 8.97. The molecule has 0 aromatic heterocycles. The van der Waals surface area contributed by atoms with Gasteiger partial charge in [-0.15, -0.1) is 0 Å². The maximum absolute atomic E-state index is 12.1. The highest BCUT2D eigenvalue weighted by Crippen LogP contribution is 2.11. The van der Waals surface area contributed by atoms with E-state index in [-0.39, 0.29) is 38.5 Å². The van der Waals surface area contributed by atoms with Gasteiger partial charge in [0, 0.05) is 0 Å². The summed E-state index contributed by atoms with van der Waals surface area (Å²) in [4.78, 5) is 70.0. The monoisotopic (exact) mass is 534 g/mol. The zero-order chi connectivity index (χ0) is 28.7. The van der Waals surface area contributed by atoms with Crippen molar-refractivity contribution in [1.29, 1.82) is 0 Å². The van der Waals surface area contributed by atoms with Crippen LogP contribution >= 0.6 is 0 Å². The molecule has 0 rings (SSSR count). The summed E-state index contributed by atoms with van der Waals surface area (Å²) in [7, 11) is 0. The topological polar surface area (TPSA) is 189 Å². The van der Waals surface area contributed by atoms with E-state index in [2.05, 4.69) is 0 Å². The third-order valence-electron chi connectivity index (χ3n) is 4.40. The molecule has 0 fully saturated rings. The Morgan fingerprint density at radius 3 is 0.892 bits per heavy atom. The minimum absolute atomic E-state index is 0.202. The molecule has 2 N–H and O–H groups in total. The fourth-order valence-electron chi connectivity index (χ4n) is 3.00. The number of carboxylic acid groups (broad SMARTS) is 1. The Morgan fingerprint density at radius 1 is 0.459 bits per heavy atom. The van der Waals surface area contributed by atoms with Gasteiger partial charge < -0.3 is 33.9 Å².